The van der Waals surface area contributed by atoms with Gasteiger partial charge in [-0.3, -0.25) is 10.1 Å². The molecule has 0 bridgehead atoms. The van der Waals surface area contributed by atoms with E-state index in [1.165, 1.54) is 6.07 Å². The lowest BCUT2D eigenvalue weighted by Crippen LogP contribution is -2.43. The van der Waals surface area contributed by atoms with Crippen molar-refractivity contribution >= 4 is 28.8 Å². The maximum absolute atomic E-state index is 10.7. The van der Waals surface area contributed by atoms with Gasteiger partial charge < -0.3 is 10.6 Å². The van der Waals surface area contributed by atoms with Gasteiger partial charge in [-0.05, 0) is 26.0 Å². The highest BCUT2D eigenvalue weighted by atomic mass is 32.2. The van der Waals surface area contributed by atoms with Gasteiger partial charge in [0.15, 0.2) is 0 Å². The van der Waals surface area contributed by atoms with Crippen molar-refractivity contribution in [1.82, 2.24) is 0 Å². The Morgan fingerprint density at radius 2 is 2.22 bits per heavy atom. The number of hydrogen-bond donors (Lipinski definition) is 1. The van der Waals surface area contributed by atoms with E-state index in [1.807, 2.05) is 11.8 Å². The predicted octanol–water partition coefficient (Wildman–Crippen LogP) is 2.51. The summed E-state index contributed by atoms with van der Waals surface area (Å²) >= 11 is 1.95. The van der Waals surface area contributed by atoms with E-state index in [0.29, 0.717) is 0 Å². The van der Waals surface area contributed by atoms with E-state index in [2.05, 4.69) is 18.7 Å². The van der Waals surface area contributed by atoms with Crippen molar-refractivity contribution in [2.45, 2.75) is 18.6 Å². The van der Waals surface area contributed by atoms with Crippen molar-refractivity contribution < 1.29 is 4.92 Å². The van der Waals surface area contributed by atoms with Crippen LogP contribution in [0.5, 0.6) is 0 Å². The predicted molar refractivity (Wildman–Crippen MR) is 76.3 cm³/mol. The second kappa shape index (κ2) is 4.68. The number of nitro groups is 1. The number of nitrogen functional groups attached to an aromatic ring is 1. The number of nitrogens with zero attached hydrogens (tertiary/aromatic N) is 2. The van der Waals surface area contributed by atoms with Crippen LogP contribution in [0, 0.1) is 10.1 Å². The third-order valence-electron chi connectivity index (χ3n) is 3.00. The average molecular weight is 267 g/mol. The van der Waals surface area contributed by atoms with E-state index in [-0.39, 0.29) is 16.1 Å². The van der Waals surface area contributed by atoms with Crippen LogP contribution in [0.4, 0.5) is 17.1 Å². The van der Waals surface area contributed by atoms with Crippen molar-refractivity contribution in [2.24, 2.45) is 0 Å². The molecule has 1 aliphatic rings. The Labute approximate surface area is 110 Å². The van der Waals surface area contributed by atoms with E-state index in [1.54, 1.807) is 12.1 Å². The highest BCUT2D eigenvalue weighted by Crippen LogP contribution is 2.34. The third kappa shape index (κ3) is 2.69. The third-order valence-corrected chi connectivity index (χ3v) is 4.30. The molecule has 5 nitrogen and oxygen atoms in total. The van der Waals surface area contributed by atoms with Crippen LogP contribution in [0.1, 0.15) is 13.8 Å². The molecule has 1 saturated heterocycles. The highest BCUT2D eigenvalue weighted by molar-refractivity contribution is 8.00. The van der Waals surface area contributed by atoms with E-state index in [9.17, 15) is 10.1 Å². The summed E-state index contributed by atoms with van der Waals surface area (Å²) in [6.45, 7) is 6.29. The summed E-state index contributed by atoms with van der Waals surface area (Å²) in [5.41, 5.74) is 6.89. The second-order valence-electron chi connectivity index (χ2n) is 5.03. The van der Waals surface area contributed by atoms with Gasteiger partial charge in [0.1, 0.15) is 5.69 Å². The molecular formula is C12H17N3O2S. The first-order chi connectivity index (χ1) is 8.39. The molecule has 1 aromatic rings. The maximum atomic E-state index is 10.7. The molecule has 1 heterocycles. The summed E-state index contributed by atoms with van der Waals surface area (Å²) in [5, 5.41) is 10.7. The first-order valence-corrected chi connectivity index (χ1v) is 6.80. The summed E-state index contributed by atoms with van der Waals surface area (Å²) < 4.78 is 0.203. The average Bonchev–Trinajstić information content (AvgIpc) is 2.27. The lowest BCUT2D eigenvalue weighted by atomic mass is 10.1. The van der Waals surface area contributed by atoms with Crippen molar-refractivity contribution in [3.05, 3.63) is 28.3 Å². The Balaban J connectivity index is 2.24. The number of hydrogen-bond acceptors (Lipinski definition) is 5. The van der Waals surface area contributed by atoms with E-state index in [0.717, 1.165) is 24.5 Å². The van der Waals surface area contributed by atoms with Crippen LogP contribution in [0.15, 0.2) is 18.2 Å². The zero-order valence-electron chi connectivity index (χ0n) is 10.5. The Bertz CT molecular complexity index is 476. The molecule has 0 saturated carbocycles. The molecule has 1 fully saturated rings. The van der Waals surface area contributed by atoms with Crippen molar-refractivity contribution in [2.75, 3.05) is 29.5 Å². The molecule has 6 heteroatoms. The van der Waals surface area contributed by atoms with Crippen LogP contribution < -0.4 is 10.6 Å². The SMILES string of the molecule is CC1(C)CN(c2ccc([N+](=O)[O-])c(N)c2)CCS1. The highest BCUT2D eigenvalue weighted by Gasteiger charge is 2.27. The number of nitro benzene ring substituents is 1. The van der Waals surface area contributed by atoms with Crippen LogP contribution >= 0.6 is 11.8 Å². The zero-order chi connectivity index (χ0) is 13.3. The fourth-order valence-electron chi connectivity index (χ4n) is 2.14. The standard InChI is InChI=1S/C12H17N3O2S/c1-12(2)8-14(5-6-18-12)9-3-4-11(15(16)17)10(13)7-9/h3-4,7H,5-6,8,13H2,1-2H3. The molecule has 0 amide bonds. The number of nitrogens with two attached hydrogens (primary N) is 1. The summed E-state index contributed by atoms with van der Waals surface area (Å²) in [4.78, 5) is 12.5. The smallest absolute Gasteiger partial charge is 0.292 e. The van der Waals surface area contributed by atoms with Gasteiger partial charge in [0, 0.05) is 35.3 Å². The van der Waals surface area contributed by atoms with Gasteiger partial charge in [-0.25, -0.2) is 0 Å². The summed E-state index contributed by atoms with van der Waals surface area (Å²) in [7, 11) is 0. The number of thioether (sulfide) groups is 1. The Hall–Kier alpha value is -1.43. The Kier molecular flexibility index (Phi) is 3.38. The van der Waals surface area contributed by atoms with Crippen LogP contribution in [0.3, 0.4) is 0 Å². The molecule has 0 atom stereocenters. The first kappa shape index (κ1) is 13.0. The molecule has 98 valence electrons. The Morgan fingerprint density at radius 3 is 2.78 bits per heavy atom. The largest absolute Gasteiger partial charge is 0.393 e. The molecule has 0 unspecified atom stereocenters. The minimum Gasteiger partial charge on any atom is -0.393 e. The van der Waals surface area contributed by atoms with E-state index >= 15 is 0 Å². The summed E-state index contributed by atoms with van der Waals surface area (Å²) in [6, 6.07) is 4.96. The maximum Gasteiger partial charge on any atom is 0.292 e. The number of anilines is 2. The van der Waals surface area contributed by atoms with Crippen molar-refractivity contribution in [3.8, 4) is 0 Å². The normalized spacial score (nSPS) is 18.7. The Morgan fingerprint density at radius 1 is 1.50 bits per heavy atom. The molecule has 0 spiro atoms. The van der Waals surface area contributed by atoms with Gasteiger partial charge in [0.05, 0.1) is 4.92 Å². The lowest BCUT2D eigenvalue weighted by Gasteiger charge is -2.39. The van der Waals surface area contributed by atoms with Crippen molar-refractivity contribution in [1.29, 1.82) is 0 Å². The van der Waals surface area contributed by atoms with Gasteiger partial charge in [0.25, 0.3) is 5.69 Å². The van der Waals surface area contributed by atoms with E-state index in [4.69, 9.17) is 5.73 Å². The fourth-order valence-corrected chi connectivity index (χ4v) is 3.25. The minimum absolute atomic E-state index is 0.0237. The molecule has 0 radical (unpaired) electrons. The van der Waals surface area contributed by atoms with Gasteiger partial charge in [-0.15, -0.1) is 0 Å². The fraction of sp³-hybridized carbons (Fsp3) is 0.500. The van der Waals surface area contributed by atoms with Crippen LogP contribution in [0.25, 0.3) is 0 Å². The van der Waals surface area contributed by atoms with Gasteiger partial charge in [-0.2, -0.15) is 11.8 Å². The van der Waals surface area contributed by atoms with Crippen LogP contribution in [-0.4, -0.2) is 28.5 Å². The van der Waals surface area contributed by atoms with Crippen LogP contribution in [0.2, 0.25) is 0 Å². The molecule has 1 aromatic carbocycles. The summed E-state index contributed by atoms with van der Waals surface area (Å²) in [6.07, 6.45) is 0. The molecular weight excluding hydrogens is 250 g/mol. The lowest BCUT2D eigenvalue weighted by molar-refractivity contribution is -0.383. The van der Waals surface area contributed by atoms with E-state index < -0.39 is 4.92 Å². The topological polar surface area (TPSA) is 72.4 Å². The quantitative estimate of drug-likeness (QED) is 0.506. The van der Waals surface area contributed by atoms with Crippen molar-refractivity contribution in [3.63, 3.8) is 0 Å². The molecule has 0 aliphatic carbocycles. The van der Waals surface area contributed by atoms with Gasteiger partial charge in [0.2, 0.25) is 0 Å². The number of benzene rings is 1. The molecule has 18 heavy (non-hydrogen) atoms. The molecule has 1 aliphatic heterocycles. The zero-order valence-corrected chi connectivity index (χ0v) is 11.4. The monoisotopic (exact) mass is 267 g/mol. The van der Waals surface area contributed by atoms with Crippen LogP contribution in [-0.2, 0) is 0 Å². The molecule has 2 N–H and O–H groups in total. The van der Waals surface area contributed by atoms with Gasteiger partial charge in [-0.1, -0.05) is 0 Å². The first-order valence-electron chi connectivity index (χ1n) is 5.82. The molecule has 0 aromatic heterocycles. The second-order valence-corrected chi connectivity index (χ2v) is 6.83. The summed E-state index contributed by atoms with van der Waals surface area (Å²) in [5.74, 6) is 1.06. The minimum atomic E-state index is -0.449. The molecule has 2 rings (SSSR count). The number of rotatable bonds is 2. The van der Waals surface area contributed by atoms with Gasteiger partial charge >= 0.3 is 0 Å².